The van der Waals surface area contributed by atoms with Gasteiger partial charge in [0.25, 0.3) is 0 Å². The first-order valence-corrected chi connectivity index (χ1v) is 7.97. The van der Waals surface area contributed by atoms with Gasteiger partial charge in [0.15, 0.2) is 0 Å². The largest absolute Gasteiger partial charge is 0.467 e. The van der Waals surface area contributed by atoms with E-state index in [9.17, 15) is 14.7 Å². The molecule has 3 rings (SSSR count). The number of nitrogens with one attached hydrogen (secondary N) is 1. The maximum absolute atomic E-state index is 12.8. The van der Waals surface area contributed by atoms with E-state index in [1.807, 2.05) is 30.3 Å². The Morgan fingerprint density at radius 1 is 1.29 bits per heavy atom. The van der Waals surface area contributed by atoms with Gasteiger partial charge in [-0.15, -0.1) is 0 Å². The molecule has 2 heterocycles. The van der Waals surface area contributed by atoms with Gasteiger partial charge in [0.05, 0.1) is 12.8 Å². The normalized spacial score (nSPS) is 18.2. The van der Waals surface area contributed by atoms with Crippen molar-refractivity contribution in [1.82, 2.24) is 10.2 Å². The van der Waals surface area contributed by atoms with E-state index < -0.39 is 12.1 Å². The van der Waals surface area contributed by atoms with Crippen LogP contribution in [0.5, 0.6) is 0 Å². The molecule has 2 unspecified atom stereocenters. The Morgan fingerprint density at radius 3 is 2.71 bits per heavy atom. The number of carbonyl (C=O) groups is 2. The number of carbonyl (C=O) groups excluding carboxylic acids is 2. The van der Waals surface area contributed by atoms with E-state index in [1.54, 1.807) is 17.0 Å². The fraction of sp³-hybridized carbons (Fsp3) is 0.333. The van der Waals surface area contributed by atoms with E-state index in [0.717, 1.165) is 5.56 Å². The molecule has 6 nitrogen and oxygen atoms in total. The molecule has 1 aliphatic heterocycles. The Balaban J connectivity index is 1.75. The van der Waals surface area contributed by atoms with Gasteiger partial charge in [0.1, 0.15) is 17.9 Å². The molecule has 1 fully saturated rings. The van der Waals surface area contributed by atoms with Gasteiger partial charge in [-0.1, -0.05) is 30.3 Å². The summed E-state index contributed by atoms with van der Waals surface area (Å²) in [4.78, 5) is 25.7. The summed E-state index contributed by atoms with van der Waals surface area (Å²) in [7, 11) is 0. The Morgan fingerprint density at radius 2 is 2.08 bits per heavy atom. The molecule has 0 aliphatic carbocycles. The summed E-state index contributed by atoms with van der Waals surface area (Å²) in [5.74, 6) is 0.117. The van der Waals surface area contributed by atoms with Crippen LogP contribution in [0.15, 0.2) is 53.1 Å². The first-order valence-electron chi connectivity index (χ1n) is 7.97. The molecule has 1 saturated heterocycles. The first kappa shape index (κ1) is 16.3. The van der Waals surface area contributed by atoms with Crippen LogP contribution in [0.25, 0.3) is 0 Å². The highest BCUT2D eigenvalue weighted by Gasteiger charge is 2.32. The number of hydrogen-bond acceptors (Lipinski definition) is 4. The third kappa shape index (κ3) is 3.83. The van der Waals surface area contributed by atoms with Crippen LogP contribution < -0.4 is 5.32 Å². The van der Waals surface area contributed by atoms with Crippen molar-refractivity contribution in [2.24, 2.45) is 0 Å². The smallest absolute Gasteiger partial charge is 0.245 e. The summed E-state index contributed by atoms with van der Waals surface area (Å²) in [5.41, 5.74) is 0.960. The van der Waals surface area contributed by atoms with Gasteiger partial charge < -0.3 is 19.7 Å². The molecular weight excluding hydrogens is 308 g/mol. The molecule has 1 aromatic heterocycles. The second-order valence-electron chi connectivity index (χ2n) is 5.89. The molecule has 0 bridgehead atoms. The molecule has 126 valence electrons. The van der Waals surface area contributed by atoms with Crippen LogP contribution in [-0.2, 0) is 16.1 Å². The van der Waals surface area contributed by atoms with Crippen LogP contribution in [0.3, 0.4) is 0 Å². The fourth-order valence-corrected chi connectivity index (χ4v) is 2.84. The van der Waals surface area contributed by atoms with E-state index in [4.69, 9.17) is 4.42 Å². The minimum atomic E-state index is -0.912. The standard InChI is InChI=1S/C18H20N2O4/c21-15(16-7-4-10-24-16)12-20(11-13-5-2-1-3-6-13)18(23)14-8-9-17(22)19-14/h1-7,10,14-15,21H,8-9,11-12H2,(H,19,22). The number of aliphatic hydroxyl groups excluding tert-OH is 1. The lowest BCUT2D eigenvalue weighted by atomic mass is 10.1. The SMILES string of the molecule is O=C1CCC(C(=O)N(Cc2ccccc2)CC(O)c2ccco2)N1. The summed E-state index contributed by atoms with van der Waals surface area (Å²) in [6.45, 7) is 0.470. The number of aliphatic hydroxyl groups is 1. The van der Waals surface area contributed by atoms with Gasteiger partial charge in [-0.2, -0.15) is 0 Å². The van der Waals surface area contributed by atoms with Gasteiger partial charge >= 0.3 is 0 Å². The predicted molar refractivity (Wildman–Crippen MR) is 86.7 cm³/mol. The molecule has 1 aliphatic rings. The Hall–Kier alpha value is -2.60. The van der Waals surface area contributed by atoms with Gasteiger partial charge in [-0.3, -0.25) is 9.59 Å². The Bertz CT molecular complexity index is 684. The predicted octanol–water partition coefficient (Wildman–Crippen LogP) is 1.62. The quantitative estimate of drug-likeness (QED) is 0.844. The molecule has 2 amide bonds. The zero-order valence-electron chi connectivity index (χ0n) is 13.2. The van der Waals surface area contributed by atoms with Crippen LogP contribution in [0.1, 0.15) is 30.3 Å². The van der Waals surface area contributed by atoms with Crippen LogP contribution in [0, 0.1) is 0 Å². The zero-order valence-corrected chi connectivity index (χ0v) is 13.2. The van der Waals surface area contributed by atoms with Crippen molar-refractivity contribution in [3.05, 3.63) is 60.1 Å². The maximum atomic E-state index is 12.8. The maximum Gasteiger partial charge on any atom is 0.245 e. The summed E-state index contributed by atoms with van der Waals surface area (Å²) in [5, 5.41) is 13.0. The molecule has 24 heavy (non-hydrogen) atoms. The first-order chi connectivity index (χ1) is 11.6. The number of hydrogen-bond donors (Lipinski definition) is 2. The highest BCUT2D eigenvalue weighted by Crippen LogP contribution is 2.19. The van der Waals surface area contributed by atoms with Crippen LogP contribution in [-0.4, -0.2) is 34.4 Å². The number of benzene rings is 1. The van der Waals surface area contributed by atoms with E-state index in [0.29, 0.717) is 25.1 Å². The topological polar surface area (TPSA) is 82.8 Å². The molecule has 2 N–H and O–H groups in total. The molecule has 0 saturated carbocycles. The van der Waals surface area contributed by atoms with E-state index in [1.165, 1.54) is 6.26 Å². The van der Waals surface area contributed by atoms with Crippen molar-refractivity contribution in [3.63, 3.8) is 0 Å². The van der Waals surface area contributed by atoms with Crippen molar-refractivity contribution in [2.45, 2.75) is 31.5 Å². The Kier molecular flexibility index (Phi) is 4.96. The van der Waals surface area contributed by atoms with Crippen molar-refractivity contribution in [1.29, 1.82) is 0 Å². The summed E-state index contributed by atoms with van der Waals surface area (Å²) in [6, 6.07) is 12.4. The fourth-order valence-electron chi connectivity index (χ4n) is 2.84. The molecule has 6 heteroatoms. The lowest BCUT2D eigenvalue weighted by Crippen LogP contribution is -2.45. The third-order valence-corrected chi connectivity index (χ3v) is 4.09. The second kappa shape index (κ2) is 7.31. The number of rotatable bonds is 6. The number of nitrogens with zero attached hydrogens (tertiary/aromatic N) is 1. The highest BCUT2D eigenvalue weighted by molar-refractivity contribution is 5.90. The van der Waals surface area contributed by atoms with Crippen molar-refractivity contribution >= 4 is 11.8 Å². The summed E-state index contributed by atoms with van der Waals surface area (Å²) < 4.78 is 5.21. The van der Waals surface area contributed by atoms with Crippen molar-refractivity contribution < 1.29 is 19.1 Å². The molecule has 0 spiro atoms. The van der Waals surface area contributed by atoms with Gasteiger partial charge in [-0.05, 0) is 24.1 Å². The van der Waals surface area contributed by atoms with Gasteiger partial charge in [0, 0.05) is 13.0 Å². The number of amides is 2. The highest BCUT2D eigenvalue weighted by atomic mass is 16.4. The monoisotopic (exact) mass is 328 g/mol. The molecule has 2 atom stereocenters. The van der Waals surface area contributed by atoms with Crippen molar-refractivity contribution in [2.75, 3.05) is 6.54 Å². The van der Waals surface area contributed by atoms with E-state index >= 15 is 0 Å². The molecular formula is C18H20N2O4. The third-order valence-electron chi connectivity index (χ3n) is 4.09. The molecule has 0 radical (unpaired) electrons. The molecule has 1 aromatic carbocycles. The van der Waals surface area contributed by atoms with Crippen LogP contribution in [0.4, 0.5) is 0 Å². The lowest BCUT2D eigenvalue weighted by molar-refractivity contribution is -0.136. The van der Waals surface area contributed by atoms with E-state index in [2.05, 4.69) is 5.32 Å². The summed E-state index contributed by atoms with van der Waals surface area (Å²) in [6.07, 6.45) is 1.42. The average molecular weight is 328 g/mol. The van der Waals surface area contributed by atoms with Crippen molar-refractivity contribution in [3.8, 4) is 0 Å². The van der Waals surface area contributed by atoms with E-state index in [-0.39, 0.29) is 18.4 Å². The van der Waals surface area contributed by atoms with Crippen LogP contribution in [0.2, 0.25) is 0 Å². The zero-order chi connectivity index (χ0) is 16.9. The minimum absolute atomic E-state index is 0.105. The lowest BCUT2D eigenvalue weighted by Gasteiger charge is -2.27. The van der Waals surface area contributed by atoms with Gasteiger partial charge in [0.2, 0.25) is 11.8 Å². The average Bonchev–Trinajstić information content (AvgIpc) is 3.26. The Labute approximate surface area is 140 Å². The summed E-state index contributed by atoms with van der Waals surface area (Å²) >= 11 is 0. The molecule has 2 aromatic rings. The van der Waals surface area contributed by atoms with Gasteiger partial charge in [-0.25, -0.2) is 0 Å². The number of furan rings is 1. The second-order valence-corrected chi connectivity index (χ2v) is 5.89. The van der Waals surface area contributed by atoms with Crippen LogP contribution >= 0.6 is 0 Å². The minimum Gasteiger partial charge on any atom is -0.467 e.